The molecule has 1 aliphatic rings. The van der Waals surface area contributed by atoms with Gasteiger partial charge in [0.2, 0.25) is 0 Å². The van der Waals surface area contributed by atoms with E-state index in [2.05, 4.69) is 83.2 Å². The van der Waals surface area contributed by atoms with Crippen molar-refractivity contribution in [1.82, 2.24) is 0 Å². The minimum atomic E-state index is 0.230. The fourth-order valence-corrected chi connectivity index (χ4v) is 3.61. The predicted molar refractivity (Wildman–Crippen MR) is 88.8 cm³/mol. The zero-order chi connectivity index (χ0) is 14.8. The number of allylic oxidation sites excluding steroid dienone is 4. The largest absolute Gasteiger partial charge is 0.0802 e. The van der Waals surface area contributed by atoms with Gasteiger partial charge in [-0.25, -0.2) is 0 Å². The van der Waals surface area contributed by atoms with Crippen molar-refractivity contribution in [2.24, 2.45) is 17.3 Å². The minimum absolute atomic E-state index is 0.230. The monoisotopic (exact) mass is 268 g/mol. The topological polar surface area (TPSA) is 0 Å². The van der Waals surface area contributed by atoms with E-state index in [1.165, 1.54) is 11.1 Å². The van der Waals surface area contributed by atoms with Crippen molar-refractivity contribution in [3.63, 3.8) is 0 Å². The van der Waals surface area contributed by atoms with Crippen LogP contribution < -0.4 is 0 Å². The van der Waals surface area contributed by atoms with Gasteiger partial charge in [0.05, 0.1) is 0 Å². The third-order valence-electron chi connectivity index (χ3n) is 4.64. The lowest BCUT2D eigenvalue weighted by atomic mass is 9.64. The second kappa shape index (κ2) is 5.99. The maximum Gasteiger partial charge on any atom is -0.00376 e. The predicted octanol–water partition coefficient (Wildman–Crippen LogP) is 5.97. The standard InChI is InChI=1S/C20H28/c1-15(2)17-11-13-20(5,14-12-17)19(16(3)4)18-9-7-6-8-10-18/h6-13,15-16,19H,14H2,1-5H3. The Morgan fingerprint density at radius 3 is 2.10 bits per heavy atom. The van der Waals surface area contributed by atoms with Crippen LogP contribution in [0.4, 0.5) is 0 Å². The number of rotatable bonds is 4. The van der Waals surface area contributed by atoms with Crippen molar-refractivity contribution in [3.8, 4) is 0 Å². The quantitative estimate of drug-likeness (QED) is 0.630. The van der Waals surface area contributed by atoms with Crippen molar-refractivity contribution in [2.45, 2.75) is 47.0 Å². The lowest BCUT2D eigenvalue weighted by Crippen LogP contribution is -2.28. The van der Waals surface area contributed by atoms with Crippen LogP contribution in [-0.2, 0) is 0 Å². The zero-order valence-corrected chi connectivity index (χ0v) is 13.6. The molecule has 0 nitrogen and oxygen atoms in total. The molecule has 0 aliphatic heterocycles. The smallest absolute Gasteiger partial charge is 0.00376 e. The summed E-state index contributed by atoms with van der Waals surface area (Å²) < 4.78 is 0. The summed E-state index contributed by atoms with van der Waals surface area (Å²) in [6.45, 7) is 11.7. The number of hydrogen-bond acceptors (Lipinski definition) is 0. The van der Waals surface area contributed by atoms with E-state index in [1.54, 1.807) is 0 Å². The van der Waals surface area contributed by atoms with Crippen molar-refractivity contribution >= 4 is 0 Å². The summed E-state index contributed by atoms with van der Waals surface area (Å²) >= 11 is 0. The van der Waals surface area contributed by atoms with Crippen LogP contribution in [0.25, 0.3) is 0 Å². The Hall–Kier alpha value is -1.30. The Labute approximate surface area is 124 Å². The van der Waals surface area contributed by atoms with E-state index in [9.17, 15) is 0 Å². The van der Waals surface area contributed by atoms with Crippen LogP contribution in [0.3, 0.4) is 0 Å². The van der Waals surface area contributed by atoms with Crippen LogP contribution in [0.2, 0.25) is 0 Å². The van der Waals surface area contributed by atoms with Crippen molar-refractivity contribution in [3.05, 3.63) is 59.7 Å². The third-order valence-corrected chi connectivity index (χ3v) is 4.64. The Kier molecular flexibility index (Phi) is 4.52. The van der Waals surface area contributed by atoms with E-state index >= 15 is 0 Å². The van der Waals surface area contributed by atoms with Crippen LogP contribution in [0.15, 0.2) is 54.1 Å². The maximum absolute atomic E-state index is 2.46. The SMILES string of the molecule is CC(C)C1=CCC(C)(C(c2ccccc2)C(C)C)C=C1. The Morgan fingerprint density at radius 2 is 1.65 bits per heavy atom. The molecule has 2 rings (SSSR count). The molecule has 0 N–H and O–H groups in total. The van der Waals surface area contributed by atoms with E-state index < -0.39 is 0 Å². The molecule has 108 valence electrons. The summed E-state index contributed by atoms with van der Waals surface area (Å²) in [5, 5.41) is 0. The fourth-order valence-electron chi connectivity index (χ4n) is 3.61. The van der Waals surface area contributed by atoms with Crippen molar-refractivity contribution in [1.29, 1.82) is 0 Å². The van der Waals surface area contributed by atoms with Gasteiger partial charge in [0.1, 0.15) is 0 Å². The summed E-state index contributed by atoms with van der Waals surface area (Å²) in [4.78, 5) is 0. The first-order chi connectivity index (χ1) is 9.44. The molecule has 0 saturated carbocycles. The van der Waals surface area contributed by atoms with Gasteiger partial charge in [-0.3, -0.25) is 0 Å². The Morgan fingerprint density at radius 1 is 1.00 bits per heavy atom. The first-order valence-corrected chi connectivity index (χ1v) is 7.88. The summed E-state index contributed by atoms with van der Waals surface area (Å²) in [6.07, 6.45) is 8.41. The molecule has 2 atom stereocenters. The summed E-state index contributed by atoms with van der Waals surface area (Å²) in [5.74, 6) is 1.84. The van der Waals surface area contributed by atoms with Crippen LogP contribution in [0, 0.1) is 17.3 Å². The highest BCUT2D eigenvalue weighted by molar-refractivity contribution is 5.33. The fraction of sp³-hybridized carbons (Fsp3) is 0.500. The van der Waals surface area contributed by atoms with E-state index in [4.69, 9.17) is 0 Å². The van der Waals surface area contributed by atoms with Gasteiger partial charge in [-0.05, 0) is 40.7 Å². The van der Waals surface area contributed by atoms with E-state index in [0.717, 1.165) is 6.42 Å². The van der Waals surface area contributed by atoms with Crippen LogP contribution in [0.5, 0.6) is 0 Å². The van der Waals surface area contributed by atoms with Gasteiger partial charge in [-0.15, -0.1) is 0 Å². The van der Waals surface area contributed by atoms with E-state index in [0.29, 0.717) is 17.8 Å². The molecule has 0 amide bonds. The molecule has 0 heteroatoms. The Balaban J connectivity index is 2.30. The molecule has 0 bridgehead atoms. The van der Waals surface area contributed by atoms with Gasteiger partial charge < -0.3 is 0 Å². The molecule has 1 aromatic rings. The molecule has 2 unspecified atom stereocenters. The second-order valence-corrected chi connectivity index (χ2v) is 7.03. The highest BCUT2D eigenvalue weighted by Crippen LogP contribution is 2.47. The first-order valence-electron chi connectivity index (χ1n) is 7.88. The van der Waals surface area contributed by atoms with E-state index in [1.807, 2.05) is 0 Å². The van der Waals surface area contributed by atoms with Gasteiger partial charge in [-0.2, -0.15) is 0 Å². The van der Waals surface area contributed by atoms with Crippen LogP contribution in [-0.4, -0.2) is 0 Å². The molecular formula is C20H28. The summed E-state index contributed by atoms with van der Waals surface area (Å²) in [6, 6.07) is 11.0. The van der Waals surface area contributed by atoms with Crippen LogP contribution >= 0.6 is 0 Å². The normalized spacial score (nSPS) is 24.1. The molecule has 0 saturated heterocycles. The molecule has 0 radical (unpaired) electrons. The van der Waals surface area contributed by atoms with Gasteiger partial charge in [0, 0.05) is 0 Å². The summed E-state index contributed by atoms with van der Waals surface area (Å²) in [7, 11) is 0. The molecule has 0 heterocycles. The summed E-state index contributed by atoms with van der Waals surface area (Å²) in [5.41, 5.74) is 3.18. The van der Waals surface area contributed by atoms with Crippen LogP contribution in [0.1, 0.15) is 52.5 Å². The van der Waals surface area contributed by atoms with E-state index in [-0.39, 0.29) is 5.41 Å². The second-order valence-electron chi connectivity index (χ2n) is 7.03. The molecule has 0 aromatic heterocycles. The Bertz CT molecular complexity index is 490. The minimum Gasteiger partial charge on any atom is -0.0802 e. The molecule has 1 aromatic carbocycles. The third kappa shape index (κ3) is 3.06. The van der Waals surface area contributed by atoms with Gasteiger partial charge in [0.25, 0.3) is 0 Å². The van der Waals surface area contributed by atoms with Crippen molar-refractivity contribution in [2.75, 3.05) is 0 Å². The molecule has 0 fully saturated rings. The lowest BCUT2D eigenvalue weighted by molar-refractivity contribution is 0.269. The average molecular weight is 268 g/mol. The van der Waals surface area contributed by atoms with Gasteiger partial charge in [0.15, 0.2) is 0 Å². The number of benzene rings is 1. The zero-order valence-electron chi connectivity index (χ0n) is 13.6. The molecule has 0 spiro atoms. The molecular weight excluding hydrogens is 240 g/mol. The van der Waals surface area contributed by atoms with Gasteiger partial charge >= 0.3 is 0 Å². The van der Waals surface area contributed by atoms with Crippen molar-refractivity contribution < 1.29 is 0 Å². The molecule has 1 aliphatic carbocycles. The maximum atomic E-state index is 2.46. The van der Waals surface area contributed by atoms with Gasteiger partial charge in [-0.1, -0.05) is 83.2 Å². The number of hydrogen-bond donors (Lipinski definition) is 0. The molecule has 20 heavy (non-hydrogen) atoms. The highest BCUT2D eigenvalue weighted by Gasteiger charge is 2.35. The highest BCUT2D eigenvalue weighted by atomic mass is 14.4. The first kappa shape index (κ1) is 15.1. The lowest BCUT2D eigenvalue weighted by Gasteiger charge is -2.40. The average Bonchev–Trinajstić information content (AvgIpc) is 2.39.